The van der Waals surface area contributed by atoms with E-state index in [-0.39, 0.29) is 0 Å². The first-order chi connectivity index (χ1) is 8.13. The van der Waals surface area contributed by atoms with E-state index < -0.39 is 0 Å². The Bertz CT molecular complexity index is 694. The Balaban J connectivity index is 2.23. The number of aryl methyl sites for hydroxylation is 3. The molecule has 1 aromatic carbocycles. The Hall–Kier alpha value is -2.10. The fraction of sp³-hybridized carbons (Fsp3) is 0.231. The molecule has 4 heteroatoms. The van der Waals surface area contributed by atoms with Crippen molar-refractivity contribution in [3.05, 3.63) is 35.0 Å². The molecule has 0 amide bonds. The van der Waals surface area contributed by atoms with E-state index in [2.05, 4.69) is 41.1 Å². The van der Waals surface area contributed by atoms with Crippen molar-refractivity contribution < 1.29 is 4.52 Å². The van der Waals surface area contributed by atoms with Crippen LogP contribution in [0.1, 0.15) is 16.8 Å². The molecule has 0 radical (unpaired) electrons. The van der Waals surface area contributed by atoms with Gasteiger partial charge in [-0.05, 0) is 38.0 Å². The van der Waals surface area contributed by atoms with Crippen LogP contribution in [0.25, 0.3) is 22.6 Å². The fourth-order valence-corrected chi connectivity index (χ4v) is 2.06. The number of aromatic amines is 1. The van der Waals surface area contributed by atoms with E-state index >= 15 is 0 Å². The van der Waals surface area contributed by atoms with Crippen molar-refractivity contribution in [2.75, 3.05) is 0 Å². The number of hydrogen-bond acceptors (Lipinski definition) is 3. The number of nitrogens with one attached hydrogen (secondary N) is 1. The third-order valence-electron chi connectivity index (χ3n) is 2.78. The molecule has 17 heavy (non-hydrogen) atoms. The maximum Gasteiger partial charge on any atom is 0.202 e. The third-order valence-corrected chi connectivity index (χ3v) is 2.78. The topological polar surface area (TPSA) is 54.7 Å². The highest BCUT2D eigenvalue weighted by Crippen LogP contribution is 2.24. The molecular weight excluding hydrogens is 214 g/mol. The molecule has 0 saturated carbocycles. The first-order valence-electron chi connectivity index (χ1n) is 5.54. The third kappa shape index (κ3) is 1.62. The summed E-state index contributed by atoms with van der Waals surface area (Å²) in [6.45, 7) is 6.03. The summed E-state index contributed by atoms with van der Waals surface area (Å²) in [5.41, 5.74) is 5.26. The molecule has 2 heterocycles. The van der Waals surface area contributed by atoms with E-state index in [0.717, 1.165) is 22.6 Å². The first kappa shape index (κ1) is 10.1. The van der Waals surface area contributed by atoms with E-state index in [9.17, 15) is 0 Å². The molecule has 0 fully saturated rings. The average Bonchev–Trinajstić information content (AvgIpc) is 2.83. The van der Waals surface area contributed by atoms with Gasteiger partial charge in [-0.3, -0.25) is 0 Å². The van der Waals surface area contributed by atoms with Crippen LogP contribution >= 0.6 is 0 Å². The normalized spacial score (nSPS) is 11.2. The fourth-order valence-electron chi connectivity index (χ4n) is 2.06. The molecule has 1 N–H and O–H groups in total. The average molecular weight is 227 g/mol. The van der Waals surface area contributed by atoms with Crippen LogP contribution in [-0.4, -0.2) is 15.1 Å². The van der Waals surface area contributed by atoms with Crippen molar-refractivity contribution in [3.63, 3.8) is 0 Å². The number of H-pyrrole nitrogens is 1. The van der Waals surface area contributed by atoms with Crippen LogP contribution in [0.5, 0.6) is 0 Å². The van der Waals surface area contributed by atoms with Gasteiger partial charge in [0.1, 0.15) is 0 Å². The van der Waals surface area contributed by atoms with E-state index in [1.54, 1.807) is 0 Å². The van der Waals surface area contributed by atoms with Gasteiger partial charge in [0.25, 0.3) is 0 Å². The maximum absolute atomic E-state index is 5.21. The minimum atomic E-state index is 0.677. The van der Waals surface area contributed by atoms with E-state index in [4.69, 9.17) is 4.52 Å². The van der Waals surface area contributed by atoms with Gasteiger partial charge in [0.05, 0.1) is 16.7 Å². The predicted octanol–water partition coefficient (Wildman–Crippen LogP) is 3.14. The largest absolute Gasteiger partial charge is 0.353 e. The molecule has 0 unspecified atom stereocenters. The van der Waals surface area contributed by atoms with Crippen LogP contribution in [-0.2, 0) is 0 Å². The van der Waals surface area contributed by atoms with Crippen LogP contribution in [0.15, 0.2) is 22.7 Å². The van der Waals surface area contributed by atoms with Gasteiger partial charge in [-0.15, -0.1) is 0 Å². The zero-order valence-corrected chi connectivity index (χ0v) is 10.0. The lowest BCUT2D eigenvalue weighted by atomic mass is 10.1. The summed E-state index contributed by atoms with van der Waals surface area (Å²) < 4.78 is 5.21. The Morgan fingerprint density at radius 3 is 2.65 bits per heavy atom. The standard InChI is InChI=1S/C13H13N3O/c1-7-4-8(2)12-10(5-7)14-13(15-12)11-6-9(3)16-17-11/h4-6H,1-3H3,(H,14,15). The zero-order valence-electron chi connectivity index (χ0n) is 10.0. The Kier molecular flexibility index (Phi) is 2.04. The maximum atomic E-state index is 5.21. The monoisotopic (exact) mass is 227 g/mol. The molecule has 0 saturated heterocycles. The lowest BCUT2D eigenvalue weighted by Crippen LogP contribution is -1.79. The van der Waals surface area contributed by atoms with E-state index in [1.165, 1.54) is 11.1 Å². The number of nitrogens with zero attached hydrogens (tertiary/aromatic N) is 2. The summed E-state index contributed by atoms with van der Waals surface area (Å²) >= 11 is 0. The SMILES string of the molecule is Cc1cc(C)c2nc(-c3cc(C)no3)[nH]c2c1. The van der Waals surface area contributed by atoms with Crippen molar-refractivity contribution >= 4 is 11.0 Å². The van der Waals surface area contributed by atoms with Gasteiger partial charge in [0.15, 0.2) is 5.82 Å². The smallest absolute Gasteiger partial charge is 0.202 e. The summed E-state index contributed by atoms with van der Waals surface area (Å²) in [7, 11) is 0. The Labute approximate surface area is 98.7 Å². The van der Waals surface area contributed by atoms with Crippen LogP contribution in [0.3, 0.4) is 0 Å². The molecule has 3 rings (SSSR count). The summed E-state index contributed by atoms with van der Waals surface area (Å²) in [5, 5.41) is 3.87. The van der Waals surface area contributed by atoms with E-state index in [1.807, 2.05) is 13.0 Å². The highest BCUT2D eigenvalue weighted by Gasteiger charge is 2.11. The molecule has 4 nitrogen and oxygen atoms in total. The molecule has 2 aromatic heterocycles. The Morgan fingerprint density at radius 2 is 1.94 bits per heavy atom. The molecule has 0 atom stereocenters. The van der Waals surface area contributed by atoms with Crippen molar-refractivity contribution in [1.29, 1.82) is 0 Å². The zero-order chi connectivity index (χ0) is 12.0. The van der Waals surface area contributed by atoms with Crippen LogP contribution < -0.4 is 0 Å². The minimum Gasteiger partial charge on any atom is -0.353 e. The molecule has 0 aliphatic carbocycles. The van der Waals surface area contributed by atoms with Gasteiger partial charge in [-0.25, -0.2) is 4.98 Å². The van der Waals surface area contributed by atoms with E-state index in [0.29, 0.717) is 5.76 Å². The summed E-state index contributed by atoms with van der Waals surface area (Å²) in [6.07, 6.45) is 0. The summed E-state index contributed by atoms with van der Waals surface area (Å²) in [5.74, 6) is 1.41. The lowest BCUT2D eigenvalue weighted by molar-refractivity contribution is 0.425. The second-order valence-electron chi connectivity index (χ2n) is 4.40. The quantitative estimate of drug-likeness (QED) is 0.694. The number of aromatic nitrogens is 3. The molecule has 0 aliphatic heterocycles. The molecular formula is C13H13N3O. The van der Waals surface area contributed by atoms with Crippen molar-refractivity contribution in [2.45, 2.75) is 20.8 Å². The molecule has 0 spiro atoms. The highest BCUT2D eigenvalue weighted by atomic mass is 16.5. The number of fused-ring (bicyclic) bond motifs is 1. The summed E-state index contributed by atoms with van der Waals surface area (Å²) in [4.78, 5) is 7.81. The van der Waals surface area contributed by atoms with Gasteiger partial charge in [0, 0.05) is 6.07 Å². The highest BCUT2D eigenvalue weighted by molar-refractivity contribution is 5.82. The number of imidazole rings is 1. The second kappa shape index (κ2) is 3.45. The van der Waals surface area contributed by atoms with Gasteiger partial charge in [0.2, 0.25) is 5.76 Å². The summed E-state index contributed by atoms with van der Waals surface area (Å²) in [6, 6.07) is 6.08. The van der Waals surface area contributed by atoms with Gasteiger partial charge in [-0.1, -0.05) is 11.2 Å². The van der Waals surface area contributed by atoms with Crippen molar-refractivity contribution in [1.82, 2.24) is 15.1 Å². The predicted molar refractivity (Wildman–Crippen MR) is 65.8 cm³/mol. The number of benzene rings is 1. The van der Waals surface area contributed by atoms with Crippen molar-refractivity contribution in [3.8, 4) is 11.6 Å². The van der Waals surface area contributed by atoms with Gasteiger partial charge >= 0.3 is 0 Å². The number of rotatable bonds is 1. The lowest BCUT2D eigenvalue weighted by Gasteiger charge is -1.96. The molecule has 3 aromatic rings. The molecule has 0 bridgehead atoms. The van der Waals surface area contributed by atoms with Crippen LogP contribution in [0.4, 0.5) is 0 Å². The van der Waals surface area contributed by atoms with Gasteiger partial charge < -0.3 is 9.51 Å². The molecule has 86 valence electrons. The molecule has 0 aliphatic rings. The minimum absolute atomic E-state index is 0.677. The number of hydrogen-bond donors (Lipinski definition) is 1. The van der Waals surface area contributed by atoms with Crippen LogP contribution in [0, 0.1) is 20.8 Å². The van der Waals surface area contributed by atoms with Crippen molar-refractivity contribution in [2.24, 2.45) is 0 Å². The first-order valence-corrected chi connectivity index (χ1v) is 5.54. The second-order valence-corrected chi connectivity index (χ2v) is 4.40. The Morgan fingerprint density at radius 1 is 1.12 bits per heavy atom. The van der Waals surface area contributed by atoms with Crippen LogP contribution in [0.2, 0.25) is 0 Å². The van der Waals surface area contributed by atoms with Gasteiger partial charge in [-0.2, -0.15) is 0 Å².